The Balaban J connectivity index is 2.11. The van der Waals surface area contributed by atoms with E-state index in [4.69, 9.17) is 5.11 Å². The lowest BCUT2D eigenvalue weighted by Gasteiger charge is -2.35. The molecule has 0 aliphatic carbocycles. The van der Waals surface area contributed by atoms with Crippen LogP contribution in [0.25, 0.3) is 0 Å². The number of carbonyl (C=O) groups is 1. The van der Waals surface area contributed by atoms with Gasteiger partial charge in [0.1, 0.15) is 5.75 Å². The van der Waals surface area contributed by atoms with E-state index < -0.39 is 5.97 Å². The number of piperidine rings is 1. The van der Waals surface area contributed by atoms with Crippen LogP contribution < -0.4 is 0 Å². The van der Waals surface area contributed by atoms with Crippen molar-refractivity contribution in [3.05, 3.63) is 29.8 Å². The molecule has 1 saturated heterocycles. The summed E-state index contributed by atoms with van der Waals surface area (Å²) < 4.78 is 0. The highest BCUT2D eigenvalue weighted by Crippen LogP contribution is 2.31. The quantitative estimate of drug-likeness (QED) is 0.862. The van der Waals surface area contributed by atoms with Gasteiger partial charge in [0, 0.05) is 18.2 Å². The number of nitrogens with zero attached hydrogens (tertiary/aromatic N) is 1. The number of aliphatic carboxylic acids is 1. The lowest BCUT2D eigenvalue weighted by molar-refractivity contribution is -0.143. The zero-order valence-corrected chi connectivity index (χ0v) is 10.5. The molecule has 0 radical (unpaired) electrons. The Kier molecular flexibility index (Phi) is 3.87. The molecule has 0 bridgehead atoms. The molecule has 4 heteroatoms. The number of carboxylic acids is 1. The summed E-state index contributed by atoms with van der Waals surface area (Å²) in [6.45, 7) is 3.46. The van der Waals surface area contributed by atoms with Crippen LogP contribution in [-0.4, -0.2) is 34.2 Å². The van der Waals surface area contributed by atoms with Crippen molar-refractivity contribution in [2.24, 2.45) is 5.92 Å². The van der Waals surface area contributed by atoms with Gasteiger partial charge in [-0.3, -0.25) is 9.69 Å². The Hall–Kier alpha value is -1.55. The van der Waals surface area contributed by atoms with Crippen molar-refractivity contribution in [2.75, 3.05) is 13.1 Å². The molecule has 2 rings (SSSR count). The predicted octanol–water partition coefficient (Wildman–Crippen LogP) is 2.25. The molecule has 18 heavy (non-hydrogen) atoms. The fraction of sp³-hybridized carbons (Fsp3) is 0.500. The van der Waals surface area contributed by atoms with E-state index in [0.29, 0.717) is 6.54 Å². The summed E-state index contributed by atoms with van der Waals surface area (Å²) in [5.74, 6) is -0.723. The van der Waals surface area contributed by atoms with Crippen LogP contribution in [0.4, 0.5) is 0 Å². The molecule has 1 aromatic rings. The highest BCUT2D eigenvalue weighted by atomic mass is 16.4. The van der Waals surface area contributed by atoms with Crippen molar-refractivity contribution < 1.29 is 15.0 Å². The van der Waals surface area contributed by atoms with Gasteiger partial charge in [-0.05, 0) is 32.4 Å². The third-order valence-corrected chi connectivity index (χ3v) is 3.74. The molecule has 0 amide bonds. The van der Waals surface area contributed by atoms with Gasteiger partial charge in [-0.2, -0.15) is 0 Å². The van der Waals surface area contributed by atoms with Crippen LogP contribution in [0.3, 0.4) is 0 Å². The Morgan fingerprint density at radius 2 is 2.17 bits per heavy atom. The maximum absolute atomic E-state index is 11.0. The minimum Gasteiger partial charge on any atom is -0.508 e. The van der Waals surface area contributed by atoms with Crippen molar-refractivity contribution >= 4 is 5.97 Å². The lowest BCUT2D eigenvalue weighted by Crippen LogP contribution is -2.40. The van der Waals surface area contributed by atoms with E-state index in [1.807, 2.05) is 19.1 Å². The van der Waals surface area contributed by atoms with Crippen LogP contribution >= 0.6 is 0 Å². The molecule has 2 atom stereocenters. The van der Waals surface area contributed by atoms with Crippen LogP contribution in [0.1, 0.15) is 31.4 Å². The van der Waals surface area contributed by atoms with E-state index in [9.17, 15) is 9.90 Å². The van der Waals surface area contributed by atoms with Gasteiger partial charge in [0.25, 0.3) is 0 Å². The third-order valence-electron chi connectivity index (χ3n) is 3.74. The van der Waals surface area contributed by atoms with Crippen LogP contribution in [0.5, 0.6) is 5.75 Å². The van der Waals surface area contributed by atoms with Crippen LogP contribution in [-0.2, 0) is 4.79 Å². The van der Waals surface area contributed by atoms with E-state index in [0.717, 1.165) is 24.9 Å². The first-order chi connectivity index (χ1) is 8.59. The van der Waals surface area contributed by atoms with Crippen molar-refractivity contribution in [3.63, 3.8) is 0 Å². The molecule has 1 aliphatic rings. The summed E-state index contributed by atoms with van der Waals surface area (Å²) in [5.41, 5.74) is 0.864. The summed E-state index contributed by atoms with van der Waals surface area (Å²) in [6, 6.07) is 7.30. The molecule has 1 aromatic carbocycles. The fourth-order valence-electron chi connectivity index (χ4n) is 2.60. The molecular weight excluding hydrogens is 230 g/mol. The normalized spacial score (nSPS) is 22.6. The van der Waals surface area contributed by atoms with Gasteiger partial charge in [0.2, 0.25) is 0 Å². The summed E-state index contributed by atoms with van der Waals surface area (Å²) in [6.07, 6.45) is 1.65. The number of rotatable bonds is 3. The molecule has 2 N–H and O–H groups in total. The van der Waals surface area contributed by atoms with Crippen molar-refractivity contribution in [3.8, 4) is 5.75 Å². The maximum atomic E-state index is 11.0. The first kappa shape index (κ1) is 12.9. The highest BCUT2D eigenvalue weighted by Gasteiger charge is 2.29. The summed E-state index contributed by atoms with van der Waals surface area (Å²) >= 11 is 0. The molecule has 1 aliphatic heterocycles. The van der Waals surface area contributed by atoms with E-state index >= 15 is 0 Å². The molecule has 1 heterocycles. The monoisotopic (exact) mass is 249 g/mol. The first-order valence-electron chi connectivity index (χ1n) is 6.34. The van der Waals surface area contributed by atoms with Crippen LogP contribution in [0.15, 0.2) is 24.3 Å². The molecule has 0 spiro atoms. The Morgan fingerprint density at radius 1 is 1.44 bits per heavy atom. The molecule has 4 nitrogen and oxygen atoms in total. The average molecular weight is 249 g/mol. The summed E-state index contributed by atoms with van der Waals surface area (Å²) in [7, 11) is 0. The molecule has 98 valence electrons. The maximum Gasteiger partial charge on any atom is 0.307 e. The van der Waals surface area contributed by atoms with Gasteiger partial charge in [-0.1, -0.05) is 18.2 Å². The van der Waals surface area contributed by atoms with Crippen molar-refractivity contribution in [2.45, 2.75) is 25.8 Å². The van der Waals surface area contributed by atoms with E-state index in [2.05, 4.69) is 4.90 Å². The van der Waals surface area contributed by atoms with Crippen LogP contribution in [0.2, 0.25) is 0 Å². The van der Waals surface area contributed by atoms with E-state index in [1.165, 1.54) is 0 Å². The van der Waals surface area contributed by atoms with E-state index in [-0.39, 0.29) is 17.7 Å². The number of likely N-dealkylation sites (tertiary alicyclic amines) is 1. The van der Waals surface area contributed by atoms with Gasteiger partial charge in [-0.15, -0.1) is 0 Å². The van der Waals surface area contributed by atoms with Gasteiger partial charge < -0.3 is 10.2 Å². The average Bonchev–Trinajstić information content (AvgIpc) is 2.38. The van der Waals surface area contributed by atoms with Gasteiger partial charge in [0.05, 0.1) is 5.92 Å². The number of benzene rings is 1. The zero-order chi connectivity index (χ0) is 13.1. The molecule has 1 fully saturated rings. The second kappa shape index (κ2) is 5.40. The van der Waals surface area contributed by atoms with Crippen LogP contribution in [0, 0.1) is 5.92 Å². The number of phenolic OH excluding ortho intramolecular Hbond substituents is 1. The minimum absolute atomic E-state index is 0.0494. The second-order valence-corrected chi connectivity index (χ2v) is 4.91. The fourth-order valence-corrected chi connectivity index (χ4v) is 2.60. The predicted molar refractivity (Wildman–Crippen MR) is 68.5 cm³/mol. The highest BCUT2D eigenvalue weighted by molar-refractivity contribution is 5.70. The number of aromatic hydroxyl groups is 1. The molecule has 2 unspecified atom stereocenters. The number of carboxylic acid groups (broad SMARTS) is 1. The third kappa shape index (κ3) is 2.64. The zero-order valence-electron chi connectivity index (χ0n) is 10.5. The Bertz CT molecular complexity index is 433. The topological polar surface area (TPSA) is 60.8 Å². The van der Waals surface area contributed by atoms with E-state index in [1.54, 1.807) is 12.1 Å². The smallest absolute Gasteiger partial charge is 0.307 e. The second-order valence-electron chi connectivity index (χ2n) is 4.91. The number of hydrogen-bond donors (Lipinski definition) is 2. The first-order valence-corrected chi connectivity index (χ1v) is 6.34. The largest absolute Gasteiger partial charge is 0.508 e. The van der Waals surface area contributed by atoms with Crippen molar-refractivity contribution in [1.82, 2.24) is 4.90 Å². The van der Waals surface area contributed by atoms with Gasteiger partial charge in [0.15, 0.2) is 0 Å². The minimum atomic E-state index is -0.718. The lowest BCUT2D eigenvalue weighted by atomic mass is 9.95. The summed E-state index contributed by atoms with van der Waals surface area (Å²) in [4.78, 5) is 13.2. The Morgan fingerprint density at radius 3 is 2.83 bits per heavy atom. The summed E-state index contributed by atoms with van der Waals surface area (Å²) in [5, 5.41) is 18.9. The Labute approximate surface area is 107 Å². The number of phenols is 1. The van der Waals surface area contributed by atoms with Crippen molar-refractivity contribution in [1.29, 1.82) is 0 Å². The van der Waals surface area contributed by atoms with Gasteiger partial charge in [-0.25, -0.2) is 0 Å². The number of para-hydroxylation sites is 1. The standard InChI is InChI=1S/C14H19NO3/c1-10(12-6-2-3-7-13(12)16)15-8-4-5-11(9-15)14(17)18/h2-3,6-7,10-11,16H,4-5,8-9H2,1H3,(H,17,18). The molecule has 0 aromatic heterocycles. The molecular formula is C14H19NO3. The molecule has 0 saturated carbocycles. The van der Waals surface area contributed by atoms with Gasteiger partial charge >= 0.3 is 5.97 Å². The number of hydrogen-bond acceptors (Lipinski definition) is 3. The SMILES string of the molecule is CC(c1ccccc1O)N1CCCC(C(=O)O)C1.